The minimum atomic E-state index is -0.349. The van der Waals surface area contributed by atoms with Gasteiger partial charge >= 0.3 is 0 Å². The molecule has 84 valence electrons. The standard InChI is InChI=1S/C11H11BrFN3/c1-5-6(2)15-11-8(13)4-3-7(12)9(11)10(5)16-14/h3-4H,14H2,1-2H3,(H,15,16). The van der Waals surface area contributed by atoms with Crippen LogP contribution in [0.5, 0.6) is 0 Å². The Morgan fingerprint density at radius 3 is 2.69 bits per heavy atom. The van der Waals surface area contributed by atoms with Crippen LogP contribution in [0.4, 0.5) is 10.1 Å². The lowest BCUT2D eigenvalue weighted by Gasteiger charge is -2.13. The van der Waals surface area contributed by atoms with Crippen molar-refractivity contribution in [2.24, 2.45) is 5.84 Å². The maximum atomic E-state index is 13.6. The highest BCUT2D eigenvalue weighted by molar-refractivity contribution is 9.10. The normalized spacial score (nSPS) is 10.8. The van der Waals surface area contributed by atoms with Gasteiger partial charge in [-0.3, -0.25) is 5.84 Å². The molecule has 5 heteroatoms. The number of halogens is 2. The Hall–Kier alpha value is -1.20. The number of nitrogens with two attached hydrogens (primary N) is 1. The van der Waals surface area contributed by atoms with Crippen molar-refractivity contribution in [2.45, 2.75) is 13.8 Å². The quantitative estimate of drug-likeness (QED) is 0.625. The maximum absolute atomic E-state index is 13.6. The lowest BCUT2D eigenvalue weighted by Crippen LogP contribution is -2.11. The number of nitrogens with zero attached hydrogens (tertiary/aromatic N) is 1. The molecule has 0 radical (unpaired) electrons. The number of nitrogens with one attached hydrogen (secondary N) is 1. The molecule has 3 N–H and O–H groups in total. The first-order chi connectivity index (χ1) is 7.56. The predicted molar refractivity (Wildman–Crippen MR) is 66.7 cm³/mol. The first-order valence-corrected chi connectivity index (χ1v) is 5.57. The summed E-state index contributed by atoms with van der Waals surface area (Å²) in [6, 6.07) is 3.03. The molecule has 0 spiro atoms. The highest BCUT2D eigenvalue weighted by Crippen LogP contribution is 2.34. The molecule has 0 aliphatic carbocycles. The highest BCUT2D eigenvalue weighted by Gasteiger charge is 2.14. The SMILES string of the molecule is Cc1nc2c(F)ccc(Br)c2c(NN)c1C. The van der Waals surface area contributed by atoms with E-state index in [1.165, 1.54) is 6.07 Å². The Morgan fingerprint density at radius 1 is 1.38 bits per heavy atom. The molecule has 0 unspecified atom stereocenters. The molecule has 3 nitrogen and oxygen atoms in total. The summed E-state index contributed by atoms with van der Waals surface area (Å²) in [6.07, 6.45) is 0. The van der Waals surface area contributed by atoms with E-state index in [2.05, 4.69) is 26.3 Å². The number of nitrogen functional groups attached to an aromatic ring is 1. The molecule has 0 bridgehead atoms. The van der Waals surface area contributed by atoms with Crippen LogP contribution >= 0.6 is 15.9 Å². The Kier molecular flexibility index (Phi) is 2.82. The van der Waals surface area contributed by atoms with E-state index < -0.39 is 0 Å². The molecular formula is C11H11BrFN3. The van der Waals surface area contributed by atoms with Gasteiger partial charge in [-0.1, -0.05) is 15.9 Å². The van der Waals surface area contributed by atoms with Crippen LogP contribution in [-0.2, 0) is 0 Å². The molecule has 0 aliphatic rings. The average Bonchev–Trinajstić information content (AvgIpc) is 2.26. The number of pyridine rings is 1. The zero-order valence-electron chi connectivity index (χ0n) is 8.94. The molecule has 16 heavy (non-hydrogen) atoms. The summed E-state index contributed by atoms with van der Waals surface area (Å²) in [7, 11) is 0. The number of hydrazine groups is 1. The van der Waals surface area contributed by atoms with Crippen molar-refractivity contribution in [1.82, 2.24) is 4.98 Å². The van der Waals surface area contributed by atoms with Crippen molar-refractivity contribution in [1.29, 1.82) is 0 Å². The van der Waals surface area contributed by atoms with E-state index in [1.807, 2.05) is 13.8 Å². The summed E-state index contributed by atoms with van der Waals surface area (Å²) < 4.78 is 14.4. The van der Waals surface area contributed by atoms with E-state index in [9.17, 15) is 4.39 Å². The molecule has 1 aromatic carbocycles. The third-order valence-corrected chi connectivity index (χ3v) is 3.33. The van der Waals surface area contributed by atoms with Gasteiger partial charge in [0.15, 0.2) is 0 Å². The minimum Gasteiger partial charge on any atom is -0.323 e. The first kappa shape index (κ1) is 11.3. The molecule has 1 heterocycles. The van der Waals surface area contributed by atoms with Crippen LogP contribution in [0.3, 0.4) is 0 Å². The fourth-order valence-corrected chi connectivity index (χ4v) is 2.21. The molecule has 2 aromatic rings. The second-order valence-corrected chi connectivity index (χ2v) is 4.45. The molecule has 0 atom stereocenters. The van der Waals surface area contributed by atoms with E-state index in [0.717, 1.165) is 15.7 Å². The van der Waals surface area contributed by atoms with Crippen LogP contribution in [0.2, 0.25) is 0 Å². The van der Waals surface area contributed by atoms with Crippen LogP contribution < -0.4 is 11.3 Å². The number of aromatic nitrogens is 1. The Labute approximate surface area is 101 Å². The van der Waals surface area contributed by atoms with Gasteiger partial charge in [0.1, 0.15) is 11.3 Å². The van der Waals surface area contributed by atoms with Crippen LogP contribution in [0.15, 0.2) is 16.6 Å². The summed E-state index contributed by atoms with van der Waals surface area (Å²) >= 11 is 3.38. The fourth-order valence-electron chi connectivity index (χ4n) is 1.69. The van der Waals surface area contributed by atoms with E-state index in [4.69, 9.17) is 5.84 Å². The largest absolute Gasteiger partial charge is 0.323 e. The molecule has 1 aromatic heterocycles. The van der Waals surface area contributed by atoms with E-state index in [0.29, 0.717) is 16.6 Å². The summed E-state index contributed by atoms with van der Waals surface area (Å²) in [5.74, 6) is 5.13. The number of hydrogen-bond acceptors (Lipinski definition) is 3. The van der Waals surface area contributed by atoms with Crippen molar-refractivity contribution in [3.8, 4) is 0 Å². The van der Waals surface area contributed by atoms with Crippen molar-refractivity contribution < 1.29 is 4.39 Å². The Morgan fingerprint density at radius 2 is 2.06 bits per heavy atom. The monoisotopic (exact) mass is 283 g/mol. The molecule has 0 aliphatic heterocycles. The van der Waals surface area contributed by atoms with Crippen LogP contribution in [0, 0.1) is 19.7 Å². The number of fused-ring (bicyclic) bond motifs is 1. The van der Waals surface area contributed by atoms with Gasteiger partial charge in [0.25, 0.3) is 0 Å². The van der Waals surface area contributed by atoms with Crippen LogP contribution in [-0.4, -0.2) is 4.98 Å². The van der Waals surface area contributed by atoms with Crippen molar-refractivity contribution in [2.75, 3.05) is 5.43 Å². The minimum absolute atomic E-state index is 0.324. The zero-order valence-corrected chi connectivity index (χ0v) is 10.5. The van der Waals surface area contributed by atoms with Crippen molar-refractivity contribution >= 4 is 32.5 Å². The molecule has 0 amide bonds. The Bertz CT molecular complexity index is 569. The summed E-state index contributed by atoms with van der Waals surface area (Å²) in [5.41, 5.74) is 5.32. The number of benzene rings is 1. The number of rotatable bonds is 1. The third-order valence-electron chi connectivity index (χ3n) is 2.67. The lowest BCUT2D eigenvalue weighted by atomic mass is 10.1. The average molecular weight is 284 g/mol. The highest BCUT2D eigenvalue weighted by atomic mass is 79.9. The number of aryl methyl sites for hydroxylation is 1. The molecule has 0 saturated heterocycles. The van der Waals surface area contributed by atoms with Crippen LogP contribution in [0.25, 0.3) is 10.9 Å². The summed E-state index contributed by atoms with van der Waals surface area (Å²) in [6.45, 7) is 3.73. The molecule has 2 rings (SSSR count). The van der Waals surface area contributed by atoms with Gasteiger partial charge < -0.3 is 5.43 Å². The van der Waals surface area contributed by atoms with Gasteiger partial charge in [0.05, 0.1) is 5.69 Å². The zero-order chi connectivity index (χ0) is 11.9. The van der Waals surface area contributed by atoms with E-state index >= 15 is 0 Å². The summed E-state index contributed by atoms with van der Waals surface area (Å²) in [5, 5.41) is 0.672. The van der Waals surface area contributed by atoms with E-state index in [-0.39, 0.29) is 5.82 Å². The first-order valence-electron chi connectivity index (χ1n) is 4.77. The summed E-state index contributed by atoms with van der Waals surface area (Å²) in [4.78, 5) is 4.24. The lowest BCUT2D eigenvalue weighted by molar-refractivity contribution is 0.636. The second-order valence-electron chi connectivity index (χ2n) is 3.59. The Balaban J connectivity index is 3.02. The molecule has 0 fully saturated rings. The predicted octanol–water partition coefficient (Wildman–Crippen LogP) is 3.04. The van der Waals surface area contributed by atoms with Crippen LogP contribution in [0.1, 0.15) is 11.3 Å². The molecule has 0 saturated carbocycles. The van der Waals surface area contributed by atoms with Crippen molar-refractivity contribution in [3.63, 3.8) is 0 Å². The van der Waals surface area contributed by atoms with Gasteiger partial charge in [-0.2, -0.15) is 0 Å². The number of anilines is 1. The van der Waals surface area contributed by atoms with Crippen molar-refractivity contribution in [3.05, 3.63) is 33.7 Å². The van der Waals surface area contributed by atoms with Gasteiger partial charge in [-0.15, -0.1) is 0 Å². The maximum Gasteiger partial charge on any atom is 0.149 e. The van der Waals surface area contributed by atoms with Gasteiger partial charge in [-0.25, -0.2) is 9.37 Å². The molecular weight excluding hydrogens is 273 g/mol. The number of hydrogen-bond donors (Lipinski definition) is 2. The fraction of sp³-hybridized carbons (Fsp3) is 0.182. The van der Waals surface area contributed by atoms with Gasteiger partial charge in [0.2, 0.25) is 0 Å². The van der Waals surface area contributed by atoms with E-state index in [1.54, 1.807) is 6.07 Å². The van der Waals surface area contributed by atoms with Gasteiger partial charge in [-0.05, 0) is 31.5 Å². The second kappa shape index (κ2) is 3.99. The third kappa shape index (κ3) is 1.56. The smallest absolute Gasteiger partial charge is 0.149 e. The van der Waals surface area contributed by atoms with Gasteiger partial charge in [0, 0.05) is 15.6 Å². The topological polar surface area (TPSA) is 50.9 Å².